The second-order valence-electron chi connectivity index (χ2n) is 7.14. The van der Waals surface area contributed by atoms with E-state index in [0.717, 1.165) is 56.3 Å². The number of hydrogen-bond donors (Lipinski definition) is 0. The second-order valence-corrected chi connectivity index (χ2v) is 7.14. The molecule has 1 aliphatic heterocycles. The molecule has 29 heavy (non-hydrogen) atoms. The summed E-state index contributed by atoms with van der Waals surface area (Å²) in [6.45, 7) is 9.85. The van der Waals surface area contributed by atoms with Gasteiger partial charge in [-0.1, -0.05) is 48.2 Å². The zero-order chi connectivity index (χ0) is 20.3. The van der Waals surface area contributed by atoms with Crippen LogP contribution in [0.4, 0.5) is 0 Å². The van der Waals surface area contributed by atoms with Crippen LogP contribution in [0.5, 0.6) is 5.75 Å². The fourth-order valence-electron chi connectivity index (χ4n) is 3.29. The van der Waals surface area contributed by atoms with E-state index in [9.17, 15) is 0 Å². The first-order valence-electron chi connectivity index (χ1n) is 10.2. The molecule has 4 nitrogen and oxygen atoms in total. The molecule has 1 aliphatic rings. The third kappa shape index (κ3) is 6.76. The van der Waals surface area contributed by atoms with E-state index in [0.29, 0.717) is 6.61 Å². The second kappa shape index (κ2) is 11.4. The molecule has 2 aromatic rings. The lowest BCUT2D eigenvalue weighted by Gasteiger charge is -2.26. The third-order valence-electron chi connectivity index (χ3n) is 4.96. The molecule has 4 heteroatoms. The van der Waals surface area contributed by atoms with Gasteiger partial charge in [0.2, 0.25) is 0 Å². The summed E-state index contributed by atoms with van der Waals surface area (Å²) >= 11 is 0. The predicted molar refractivity (Wildman–Crippen MR) is 118 cm³/mol. The van der Waals surface area contributed by atoms with Crippen molar-refractivity contribution < 1.29 is 9.47 Å². The summed E-state index contributed by atoms with van der Waals surface area (Å²) in [7, 11) is 2.07. The summed E-state index contributed by atoms with van der Waals surface area (Å²) in [5, 5.41) is 0. The van der Waals surface area contributed by atoms with Gasteiger partial charge in [0.25, 0.3) is 0 Å². The van der Waals surface area contributed by atoms with Gasteiger partial charge in [0.1, 0.15) is 12.4 Å². The molecule has 1 heterocycles. The van der Waals surface area contributed by atoms with E-state index in [-0.39, 0.29) is 6.04 Å². The number of hydrogen-bond acceptors (Lipinski definition) is 4. The lowest BCUT2D eigenvalue weighted by atomic mass is 10.0. The molecule has 1 atom stereocenters. The summed E-state index contributed by atoms with van der Waals surface area (Å²) < 4.78 is 11.3. The Morgan fingerprint density at radius 2 is 1.86 bits per heavy atom. The van der Waals surface area contributed by atoms with Crippen molar-refractivity contribution >= 4 is 0 Å². The summed E-state index contributed by atoms with van der Waals surface area (Å²) in [5.74, 6) is 7.60. The van der Waals surface area contributed by atoms with Crippen LogP contribution in [-0.2, 0) is 4.74 Å². The van der Waals surface area contributed by atoms with Crippen molar-refractivity contribution in [2.45, 2.75) is 6.04 Å². The predicted octanol–water partition coefficient (Wildman–Crippen LogP) is 3.61. The third-order valence-corrected chi connectivity index (χ3v) is 4.96. The number of nitrogens with zero attached hydrogens (tertiary/aromatic N) is 2. The van der Waals surface area contributed by atoms with Crippen LogP contribution >= 0.6 is 0 Å². The molecule has 152 valence electrons. The van der Waals surface area contributed by atoms with Gasteiger partial charge >= 0.3 is 0 Å². The Morgan fingerprint density at radius 1 is 1.14 bits per heavy atom. The minimum atomic E-state index is -0.00407. The molecule has 3 rings (SSSR count). The Labute approximate surface area is 174 Å². The summed E-state index contributed by atoms with van der Waals surface area (Å²) in [5.41, 5.74) is 2.17. The van der Waals surface area contributed by atoms with Crippen LogP contribution in [0.15, 0.2) is 67.3 Å². The molecule has 0 N–H and O–H groups in total. The Kier molecular flexibility index (Phi) is 8.33. The van der Waals surface area contributed by atoms with Crippen LogP contribution in [0.25, 0.3) is 0 Å². The normalized spacial score (nSPS) is 15.4. The van der Waals surface area contributed by atoms with Crippen molar-refractivity contribution in [3.63, 3.8) is 0 Å². The maximum absolute atomic E-state index is 5.93. The summed E-state index contributed by atoms with van der Waals surface area (Å²) in [6, 6.07) is 18.4. The highest BCUT2D eigenvalue weighted by molar-refractivity contribution is 5.39. The van der Waals surface area contributed by atoms with E-state index >= 15 is 0 Å². The van der Waals surface area contributed by atoms with Crippen molar-refractivity contribution in [1.82, 2.24) is 9.80 Å². The monoisotopic (exact) mass is 390 g/mol. The minimum absolute atomic E-state index is 0.00407. The lowest BCUT2D eigenvalue weighted by molar-refractivity contribution is 0.0322. The van der Waals surface area contributed by atoms with Crippen molar-refractivity contribution in [1.29, 1.82) is 0 Å². The van der Waals surface area contributed by atoms with Gasteiger partial charge in [-0.2, -0.15) is 0 Å². The molecule has 0 aromatic heterocycles. The highest BCUT2D eigenvalue weighted by Crippen LogP contribution is 2.22. The average molecular weight is 391 g/mol. The van der Waals surface area contributed by atoms with Gasteiger partial charge in [0, 0.05) is 31.7 Å². The highest BCUT2D eigenvalue weighted by Gasteiger charge is 2.14. The zero-order valence-corrected chi connectivity index (χ0v) is 17.2. The Morgan fingerprint density at radius 3 is 2.55 bits per heavy atom. The van der Waals surface area contributed by atoms with Gasteiger partial charge in [0.15, 0.2) is 0 Å². The molecule has 0 bridgehead atoms. The first kappa shape index (κ1) is 21.1. The van der Waals surface area contributed by atoms with Gasteiger partial charge in [0.05, 0.1) is 19.3 Å². The average Bonchev–Trinajstić information content (AvgIpc) is 2.77. The van der Waals surface area contributed by atoms with Gasteiger partial charge in [-0.25, -0.2) is 0 Å². The molecule has 1 fully saturated rings. The van der Waals surface area contributed by atoms with Crippen LogP contribution in [0.2, 0.25) is 0 Å². The fourth-order valence-corrected chi connectivity index (χ4v) is 3.29. The highest BCUT2D eigenvalue weighted by atomic mass is 16.5. The van der Waals surface area contributed by atoms with E-state index in [1.807, 2.05) is 48.5 Å². The van der Waals surface area contributed by atoms with E-state index in [1.165, 1.54) is 0 Å². The number of morpholine rings is 1. The number of likely N-dealkylation sites (N-methyl/N-ethyl adjacent to an activating group) is 1. The molecular formula is C25H30N2O2. The van der Waals surface area contributed by atoms with Gasteiger partial charge < -0.3 is 9.47 Å². The zero-order valence-electron chi connectivity index (χ0n) is 17.2. The van der Waals surface area contributed by atoms with E-state index in [2.05, 4.69) is 47.4 Å². The van der Waals surface area contributed by atoms with Crippen molar-refractivity contribution in [2.75, 3.05) is 53.0 Å². The Bertz CT molecular complexity index is 802. The molecule has 2 aromatic carbocycles. The van der Waals surface area contributed by atoms with Gasteiger partial charge in [-0.15, -0.1) is 6.58 Å². The summed E-state index contributed by atoms with van der Waals surface area (Å²) in [4.78, 5) is 4.56. The largest absolute Gasteiger partial charge is 0.492 e. The molecule has 0 spiro atoms. The standard InChI is InChI=1S/C25H30N2O2/c1-3-15-26(2)25(14-9-22-7-5-4-6-8-22)23-10-12-24(13-11-23)29-21-18-27-16-19-28-20-17-27/h3-8,10-13,25H,1,15-21H2,2H3. The topological polar surface area (TPSA) is 24.9 Å². The van der Waals surface area contributed by atoms with E-state index < -0.39 is 0 Å². The van der Waals surface area contributed by atoms with E-state index in [1.54, 1.807) is 0 Å². The number of rotatable bonds is 8. The van der Waals surface area contributed by atoms with Crippen molar-refractivity contribution in [3.8, 4) is 17.6 Å². The maximum Gasteiger partial charge on any atom is 0.119 e. The maximum atomic E-state index is 5.93. The molecule has 0 saturated carbocycles. The first-order chi connectivity index (χ1) is 14.3. The summed E-state index contributed by atoms with van der Waals surface area (Å²) in [6.07, 6.45) is 1.90. The van der Waals surface area contributed by atoms with Crippen molar-refractivity contribution in [2.24, 2.45) is 0 Å². The van der Waals surface area contributed by atoms with Crippen LogP contribution in [-0.4, -0.2) is 62.8 Å². The minimum Gasteiger partial charge on any atom is -0.492 e. The van der Waals surface area contributed by atoms with Gasteiger partial charge in [-0.05, 0) is 36.9 Å². The smallest absolute Gasteiger partial charge is 0.119 e. The lowest BCUT2D eigenvalue weighted by Crippen LogP contribution is -2.38. The van der Waals surface area contributed by atoms with Crippen LogP contribution in [0, 0.1) is 11.8 Å². The molecule has 1 unspecified atom stereocenters. The molecular weight excluding hydrogens is 360 g/mol. The molecule has 0 radical (unpaired) electrons. The number of ether oxygens (including phenoxy) is 2. The van der Waals surface area contributed by atoms with Gasteiger partial charge in [-0.3, -0.25) is 9.80 Å². The molecule has 0 aliphatic carbocycles. The Hall–Kier alpha value is -2.58. The van der Waals surface area contributed by atoms with Crippen molar-refractivity contribution in [3.05, 3.63) is 78.4 Å². The van der Waals surface area contributed by atoms with Crippen LogP contribution in [0.1, 0.15) is 17.2 Å². The fraction of sp³-hybridized carbons (Fsp3) is 0.360. The quantitative estimate of drug-likeness (QED) is 0.508. The van der Waals surface area contributed by atoms with Crippen LogP contribution < -0.4 is 4.74 Å². The molecule has 0 amide bonds. The number of benzene rings is 2. The first-order valence-corrected chi connectivity index (χ1v) is 10.2. The Balaban J connectivity index is 1.63. The SMILES string of the molecule is C=CCN(C)C(C#Cc1ccccc1)c1ccc(OCCN2CCOCC2)cc1. The van der Waals surface area contributed by atoms with E-state index in [4.69, 9.17) is 9.47 Å². The molecule has 1 saturated heterocycles. The van der Waals surface area contributed by atoms with Crippen LogP contribution in [0.3, 0.4) is 0 Å².